The number of hydrogen-bond donors (Lipinski definition) is 0. The van der Waals surface area contributed by atoms with Gasteiger partial charge in [0.15, 0.2) is 5.82 Å². The van der Waals surface area contributed by atoms with Crippen LogP contribution in [0.25, 0.3) is 22.5 Å². The van der Waals surface area contributed by atoms with Gasteiger partial charge in [0.1, 0.15) is 5.54 Å². The molecule has 0 radical (unpaired) electrons. The standard InChI is InChI=1S/C39H35N7/c1-2-3-24-35-28-40-43-45(35)29-30-25-26-36(31-16-8-4-9-17-31)37(27-30)38-41-42-44-46(38)39(32-18-10-5-11-19-32,33-20-12-6-13-21-33)34-22-14-7-15-23-34/h4-23,25-28H,2-3,24,29H2,1H3. The van der Waals surface area contributed by atoms with Gasteiger partial charge in [0.25, 0.3) is 0 Å². The van der Waals surface area contributed by atoms with E-state index in [0.717, 1.165) is 63.9 Å². The summed E-state index contributed by atoms with van der Waals surface area (Å²) in [6, 6.07) is 48.5. The molecule has 0 bridgehead atoms. The van der Waals surface area contributed by atoms with Gasteiger partial charge in [-0.15, -0.1) is 10.2 Å². The van der Waals surface area contributed by atoms with E-state index in [1.807, 2.05) is 39.8 Å². The van der Waals surface area contributed by atoms with Crippen molar-refractivity contribution >= 4 is 0 Å². The average Bonchev–Trinajstić information content (AvgIpc) is 3.80. The van der Waals surface area contributed by atoms with Gasteiger partial charge in [-0.05, 0) is 62.7 Å². The van der Waals surface area contributed by atoms with Crippen LogP contribution < -0.4 is 0 Å². The van der Waals surface area contributed by atoms with Crippen LogP contribution in [0, 0.1) is 0 Å². The molecule has 0 atom stereocenters. The van der Waals surface area contributed by atoms with E-state index in [4.69, 9.17) is 10.3 Å². The van der Waals surface area contributed by atoms with Crippen LogP contribution in [0.15, 0.2) is 146 Å². The second-order valence-electron chi connectivity index (χ2n) is 11.5. The maximum atomic E-state index is 4.81. The third-order valence-corrected chi connectivity index (χ3v) is 8.59. The Hall–Kier alpha value is -5.69. The predicted octanol–water partition coefficient (Wildman–Crippen LogP) is 7.83. The zero-order chi connectivity index (χ0) is 31.2. The Bertz CT molecular complexity index is 1900. The molecule has 0 amide bonds. The Morgan fingerprint density at radius 1 is 0.630 bits per heavy atom. The Kier molecular flexibility index (Phi) is 8.28. The van der Waals surface area contributed by atoms with Gasteiger partial charge in [-0.3, -0.25) is 0 Å². The Balaban J connectivity index is 1.48. The van der Waals surface area contributed by atoms with Crippen molar-refractivity contribution in [3.05, 3.63) is 174 Å². The molecule has 5 aromatic carbocycles. The first-order chi connectivity index (χ1) is 22.8. The van der Waals surface area contributed by atoms with Gasteiger partial charge in [-0.2, -0.15) is 0 Å². The molecule has 0 unspecified atom stereocenters. The predicted molar refractivity (Wildman–Crippen MR) is 181 cm³/mol. The largest absolute Gasteiger partial charge is 0.245 e. The lowest BCUT2D eigenvalue weighted by atomic mass is 9.77. The van der Waals surface area contributed by atoms with Gasteiger partial charge in [0.05, 0.1) is 18.4 Å². The van der Waals surface area contributed by atoms with Crippen LogP contribution in [0.5, 0.6) is 0 Å². The molecule has 2 aromatic heterocycles. The molecule has 46 heavy (non-hydrogen) atoms. The van der Waals surface area contributed by atoms with Crippen molar-refractivity contribution in [2.24, 2.45) is 0 Å². The highest BCUT2D eigenvalue weighted by Crippen LogP contribution is 2.43. The first-order valence-electron chi connectivity index (χ1n) is 15.8. The van der Waals surface area contributed by atoms with E-state index >= 15 is 0 Å². The topological polar surface area (TPSA) is 74.3 Å². The summed E-state index contributed by atoms with van der Waals surface area (Å²) < 4.78 is 4.00. The highest BCUT2D eigenvalue weighted by molar-refractivity contribution is 5.81. The molecule has 0 aliphatic heterocycles. The maximum Gasteiger partial charge on any atom is 0.184 e. The average molecular weight is 602 g/mol. The first kappa shape index (κ1) is 29.0. The summed E-state index contributed by atoms with van der Waals surface area (Å²) >= 11 is 0. The third kappa shape index (κ3) is 5.41. The normalized spacial score (nSPS) is 11.5. The smallest absolute Gasteiger partial charge is 0.184 e. The van der Waals surface area contributed by atoms with Crippen molar-refractivity contribution in [3.63, 3.8) is 0 Å². The number of aromatic nitrogens is 7. The van der Waals surface area contributed by atoms with Gasteiger partial charge in [0.2, 0.25) is 0 Å². The third-order valence-electron chi connectivity index (χ3n) is 8.59. The number of rotatable bonds is 11. The number of hydrogen-bond acceptors (Lipinski definition) is 5. The molecule has 7 heteroatoms. The first-order valence-corrected chi connectivity index (χ1v) is 15.8. The molecule has 7 nitrogen and oxygen atoms in total. The van der Waals surface area contributed by atoms with Crippen LogP contribution in [0.4, 0.5) is 0 Å². The van der Waals surface area contributed by atoms with Crippen molar-refractivity contribution < 1.29 is 0 Å². The van der Waals surface area contributed by atoms with Crippen molar-refractivity contribution in [2.75, 3.05) is 0 Å². The molecule has 0 saturated carbocycles. The number of unbranched alkanes of at least 4 members (excludes halogenated alkanes) is 1. The second-order valence-corrected chi connectivity index (χ2v) is 11.5. The fourth-order valence-corrected chi connectivity index (χ4v) is 6.37. The molecule has 0 saturated heterocycles. The van der Waals surface area contributed by atoms with E-state index in [1.165, 1.54) is 0 Å². The van der Waals surface area contributed by atoms with E-state index in [-0.39, 0.29) is 0 Å². The molecule has 0 N–H and O–H groups in total. The number of nitrogens with zero attached hydrogens (tertiary/aromatic N) is 7. The molecule has 0 aliphatic rings. The monoisotopic (exact) mass is 601 g/mol. The minimum absolute atomic E-state index is 0.601. The van der Waals surface area contributed by atoms with E-state index in [0.29, 0.717) is 12.4 Å². The lowest BCUT2D eigenvalue weighted by Crippen LogP contribution is -2.39. The summed E-state index contributed by atoms with van der Waals surface area (Å²) in [5.41, 5.74) is 7.63. The Morgan fingerprint density at radius 2 is 1.22 bits per heavy atom. The van der Waals surface area contributed by atoms with Crippen LogP contribution in [-0.2, 0) is 18.5 Å². The molecule has 226 valence electrons. The molecular formula is C39H35N7. The molecular weight excluding hydrogens is 566 g/mol. The zero-order valence-corrected chi connectivity index (χ0v) is 25.8. The zero-order valence-electron chi connectivity index (χ0n) is 25.8. The van der Waals surface area contributed by atoms with E-state index < -0.39 is 5.54 Å². The molecule has 0 spiro atoms. The lowest BCUT2D eigenvalue weighted by Gasteiger charge is -2.36. The number of tetrazole rings is 1. The van der Waals surface area contributed by atoms with Crippen molar-refractivity contribution in [1.82, 2.24) is 35.2 Å². The van der Waals surface area contributed by atoms with Gasteiger partial charge in [-0.1, -0.05) is 152 Å². The fraction of sp³-hybridized carbons (Fsp3) is 0.154. The summed E-state index contributed by atoms with van der Waals surface area (Å²) in [6.07, 6.45) is 5.05. The second kappa shape index (κ2) is 13.1. The minimum Gasteiger partial charge on any atom is -0.245 e. The summed E-state index contributed by atoms with van der Waals surface area (Å²) in [7, 11) is 0. The summed E-state index contributed by atoms with van der Waals surface area (Å²) in [5.74, 6) is 0.669. The Morgan fingerprint density at radius 3 is 1.80 bits per heavy atom. The minimum atomic E-state index is -0.855. The lowest BCUT2D eigenvalue weighted by molar-refractivity contribution is 0.451. The summed E-state index contributed by atoms with van der Waals surface area (Å²) in [5, 5.41) is 22.6. The summed E-state index contributed by atoms with van der Waals surface area (Å²) in [4.78, 5) is 0. The van der Waals surface area contributed by atoms with Crippen molar-refractivity contribution in [1.29, 1.82) is 0 Å². The van der Waals surface area contributed by atoms with Gasteiger partial charge >= 0.3 is 0 Å². The quantitative estimate of drug-likeness (QED) is 0.141. The molecule has 7 rings (SSSR count). The summed E-state index contributed by atoms with van der Waals surface area (Å²) in [6.45, 7) is 2.80. The highest BCUT2D eigenvalue weighted by atomic mass is 15.6. The maximum absolute atomic E-state index is 4.81. The van der Waals surface area contributed by atoms with Crippen LogP contribution in [0.3, 0.4) is 0 Å². The molecule has 2 heterocycles. The molecule has 7 aromatic rings. The van der Waals surface area contributed by atoms with E-state index in [9.17, 15) is 0 Å². The van der Waals surface area contributed by atoms with E-state index in [2.05, 4.69) is 138 Å². The van der Waals surface area contributed by atoms with Crippen molar-refractivity contribution in [3.8, 4) is 22.5 Å². The van der Waals surface area contributed by atoms with Crippen LogP contribution in [0.2, 0.25) is 0 Å². The Labute approximate surface area is 269 Å². The van der Waals surface area contributed by atoms with Crippen molar-refractivity contribution in [2.45, 2.75) is 38.3 Å². The van der Waals surface area contributed by atoms with Crippen LogP contribution in [0.1, 0.15) is 47.7 Å². The number of benzene rings is 5. The van der Waals surface area contributed by atoms with Crippen LogP contribution >= 0.6 is 0 Å². The van der Waals surface area contributed by atoms with Crippen LogP contribution in [-0.4, -0.2) is 35.2 Å². The van der Waals surface area contributed by atoms with Gasteiger partial charge < -0.3 is 0 Å². The van der Waals surface area contributed by atoms with Gasteiger partial charge in [0, 0.05) is 5.56 Å². The number of aryl methyl sites for hydroxylation is 1. The fourth-order valence-electron chi connectivity index (χ4n) is 6.37. The SMILES string of the molecule is CCCCc1cnnn1Cc1ccc(-c2ccccc2)c(-c2nnnn2C(c2ccccc2)(c2ccccc2)c2ccccc2)c1. The highest BCUT2D eigenvalue weighted by Gasteiger charge is 2.42. The molecule has 0 fully saturated rings. The van der Waals surface area contributed by atoms with E-state index in [1.54, 1.807) is 0 Å². The molecule has 0 aliphatic carbocycles. The van der Waals surface area contributed by atoms with Gasteiger partial charge in [-0.25, -0.2) is 9.36 Å².